The molecule has 0 unspecified atom stereocenters. The molecule has 8 nitrogen and oxygen atoms in total. The standard InChI is InChI=1S/C26H22F2N4O4/c1-15-5-7-16(8-6-15)20-13-21(22-4-3-11-36-22)32(30-20)23(33)14-31-24(34)26(2,29-25(31)35)18-12-17(27)9-10-19(18)28/h3-12,21H,13-14H2,1-2H3,(H,29,35)/t21-,26+/m1/s1. The maximum absolute atomic E-state index is 14.4. The Morgan fingerprint density at radius 1 is 1.17 bits per heavy atom. The van der Waals surface area contributed by atoms with Gasteiger partial charge < -0.3 is 9.73 Å². The summed E-state index contributed by atoms with van der Waals surface area (Å²) in [6, 6.07) is 12.3. The lowest BCUT2D eigenvalue weighted by Crippen LogP contribution is -2.44. The molecular weight excluding hydrogens is 470 g/mol. The Labute approximate surface area is 205 Å². The number of nitrogens with one attached hydrogen (secondary N) is 1. The van der Waals surface area contributed by atoms with Gasteiger partial charge in [0.05, 0.1) is 12.0 Å². The van der Waals surface area contributed by atoms with Crippen LogP contribution in [0.5, 0.6) is 0 Å². The molecule has 1 saturated heterocycles. The van der Waals surface area contributed by atoms with Gasteiger partial charge in [-0.05, 0) is 49.7 Å². The molecule has 1 fully saturated rings. The van der Waals surface area contributed by atoms with E-state index in [1.54, 1.807) is 12.1 Å². The van der Waals surface area contributed by atoms with Gasteiger partial charge in [0.1, 0.15) is 35.5 Å². The van der Waals surface area contributed by atoms with Crippen molar-refractivity contribution in [1.82, 2.24) is 15.2 Å². The SMILES string of the molecule is Cc1ccc(C2=NN(C(=O)CN3C(=O)N[C@@](C)(c4cc(F)ccc4F)C3=O)[C@@H](c3ccco3)C2)cc1. The zero-order valence-electron chi connectivity index (χ0n) is 19.5. The van der Waals surface area contributed by atoms with Crippen LogP contribution in [0.1, 0.15) is 41.8 Å². The van der Waals surface area contributed by atoms with Crippen molar-refractivity contribution in [3.63, 3.8) is 0 Å². The quantitative estimate of drug-likeness (QED) is 0.545. The molecule has 3 heterocycles. The number of benzene rings is 2. The van der Waals surface area contributed by atoms with Crippen LogP contribution < -0.4 is 5.32 Å². The number of carbonyl (C=O) groups excluding carboxylic acids is 3. The van der Waals surface area contributed by atoms with E-state index in [0.717, 1.165) is 29.3 Å². The summed E-state index contributed by atoms with van der Waals surface area (Å²) in [7, 11) is 0. The van der Waals surface area contributed by atoms with Gasteiger partial charge in [-0.2, -0.15) is 5.10 Å². The van der Waals surface area contributed by atoms with E-state index < -0.39 is 47.6 Å². The number of urea groups is 1. The van der Waals surface area contributed by atoms with Crippen molar-refractivity contribution in [1.29, 1.82) is 0 Å². The molecule has 0 bridgehead atoms. The van der Waals surface area contributed by atoms with E-state index in [2.05, 4.69) is 10.4 Å². The van der Waals surface area contributed by atoms with Gasteiger partial charge in [0.25, 0.3) is 11.8 Å². The number of aryl methyl sites for hydroxylation is 1. The fourth-order valence-corrected chi connectivity index (χ4v) is 4.47. The number of hydrazone groups is 1. The van der Waals surface area contributed by atoms with Crippen molar-refractivity contribution in [2.45, 2.75) is 31.8 Å². The second-order valence-corrected chi connectivity index (χ2v) is 8.96. The number of hydrogen-bond donors (Lipinski definition) is 1. The van der Waals surface area contributed by atoms with Crippen LogP contribution in [0.15, 0.2) is 70.4 Å². The molecule has 2 aromatic carbocycles. The zero-order chi connectivity index (χ0) is 25.6. The first kappa shape index (κ1) is 23.4. The van der Waals surface area contributed by atoms with Gasteiger partial charge in [-0.3, -0.25) is 14.5 Å². The largest absolute Gasteiger partial charge is 0.467 e. The van der Waals surface area contributed by atoms with E-state index in [1.165, 1.54) is 18.2 Å². The van der Waals surface area contributed by atoms with Crippen LogP contribution in [-0.4, -0.2) is 40.0 Å². The number of halogens is 2. The minimum atomic E-state index is -1.87. The van der Waals surface area contributed by atoms with Gasteiger partial charge in [0.2, 0.25) is 0 Å². The summed E-state index contributed by atoms with van der Waals surface area (Å²) in [4.78, 5) is 40.0. The lowest BCUT2D eigenvalue weighted by molar-refractivity contribution is -0.140. The highest BCUT2D eigenvalue weighted by molar-refractivity contribution is 6.09. The van der Waals surface area contributed by atoms with Gasteiger partial charge in [0, 0.05) is 12.0 Å². The topological polar surface area (TPSA) is 95.2 Å². The average molecular weight is 492 g/mol. The third kappa shape index (κ3) is 3.94. The number of rotatable bonds is 5. The molecule has 184 valence electrons. The summed E-state index contributed by atoms with van der Waals surface area (Å²) in [5.74, 6) is -2.63. The number of hydrogen-bond acceptors (Lipinski definition) is 5. The molecule has 36 heavy (non-hydrogen) atoms. The highest BCUT2D eigenvalue weighted by Gasteiger charge is 2.51. The van der Waals surface area contributed by atoms with Crippen LogP contribution in [0.2, 0.25) is 0 Å². The summed E-state index contributed by atoms with van der Waals surface area (Å²) in [5.41, 5.74) is 0.352. The molecule has 0 aliphatic carbocycles. The first-order chi connectivity index (χ1) is 17.2. The molecule has 10 heteroatoms. The first-order valence-corrected chi connectivity index (χ1v) is 11.3. The molecule has 1 aromatic heterocycles. The molecule has 2 aliphatic heterocycles. The van der Waals surface area contributed by atoms with Crippen molar-refractivity contribution < 1.29 is 27.6 Å². The molecule has 4 amide bonds. The van der Waals surface area contributed by atoms with E-state index in [-0.39, 0.29) is 5.56 Å². The number of nitrogens with zero attached hydrogens (tertiary/aromatic N) is 3. The third-order valence-corrected chi connectivity index (χ3v) is 6.46. The summed E-state index contributed by atoms with van der Waals surface area (Å²) in [6.45, 7) is 2.59. The van der Waals surface area contributed by atoms with Crippen molar-refractivity contribution in [3.05, 3.63) is 94.9 Å². The van der Waals surface area contributed by atoms with Gasteiger partial charge in [-0.15, -0.1) is 0 Å². The Hall–Kier alpha value is -4.34. The highest BCUT2D eigenvalue weighted by atomic mass is 19.1. The first-order valence-electron chi connectivity index (χ1n) is 11.3. The number of imide groups is 1. The second-order valence-electron chi connectivity index (χ2n) is 8.96. The van der Waals surface area contributed by atoms with Gasteiger partial charge >= 0.3 is 6.03 Å². The van der Waals surface area contributed by atoms with E-state index in [9.17, 15) is 23.2 Å². The Morgan fingerprint density at radius 2 is 1.92 bits per heavy atom. The number of amides is 4. The minimum absolute atomic E-state index is 0.329. The molecule has 3 aromatic rings. The monoisotopic (exact) mass is 492 g/mol. The predicted octanol–water partition coefficient (Wildman–Crippen LogP) is 4.01. The number of carbonyl (C=O) groups is 3. The zero-order valence-corrected chi connectivity index (χ0v) is 19.5. The van der Waals surface area contributed by atoms with E-state index in [0.29, 0.717) is 22.8 Å². The lowest BCUT2D eigenvalue weighted by atomic mass is 9.91. The van der Waals surface area contributed by atoms with Crippen LogP contribution in [0.3, 0.4) is 0 Å². The van der Waals surface area contributed by atoms with Gasteiger partial charge in [-0.1, -0.05) is 29.8 Å². The molecule has 2 aliphatic rings. The minimum Gasteiger partial charge on any atom is -0.467 e. The normalized spacial score (nSPS) is 21.7. The van der Waals surface area contributed by atoms with Crippen molar-refractivity contribution in [2.24, 2.45) is 5.10 Å². The van der Waals surface area contributed by atoms with Crippen LogP contribution in [0, 0.1) is 18.6 Å². The molecule has 5 rings (SSSR count). The lowest BCUT2D eigenvalue weighted by Gasteiger charge is -2.24. The second kappa shape index (κ2) is 8.71. The maximum Gasteiger partial charge on any atom is 0.325 e. The van der Waals surface area contributed by atoms with Crippen LogP contribution in [0.25, 0.3) is 0 Å². The predicted molar refractivity (Wildman–Crippen MR) is 125 cm³/mol. The maximum atomic E-state index is 14.4. The Bertz CT molecular complexity index is 1390. The van der Waals surface area contributed by atoms with Crippen molar-refractivity contribution in [2.75, 3.05) is 6.54 Å². The molecule has 0 spiro atoms. The van der Waals surface area contributed by atoms with Crippen molar-refractivity contribution >= 4 is 23.6 Å². The summed E-state index contributed by atoms with van der Waals surface area (Å²) in [5, 5.41) is 8.10. The highest BCUT2D eigenvalue weighted by Crippen LogP contribution is 2.35. The van der Waals surface area contributed by atoms with Crippen LogP contribution in [-0.2, 0) is 15.1 Å². The summed E-state index contributed by atoms with van der Waals surface area (Å²) < 4.78 is 33.8. The van der Waals surface area contributed by atoms with Crippen LogP contribution in [0.4, 0.5) is 13.6 Å². The Balaban J connectivity index is 1.42. The Kier molecular flexibility index (Phi) is 5.66. The summed E-state index contributed by atoms with van der Waals surface area (Å²) >= 11 is 0. The van der Waals surface area contributed by atoms with Crippen LogP contribution >= 0.6 is 0 Å². The molecule has 2 atom stereocenters. The van der Waals surface area contributed by atoms with Crippen molar-refractivity contribution in [3.8, 4) is 0 Å². The smallest absolute Gasteiger partial charge is 0.325 e. The van der Waals surface area contributed by atoms with E-state index in [4.69, 9.17) is 4.42 Å². The fourth-order valence-electron chi connectivity index (χ4n) is 4.47. The van der Waals surface area contributed by atoms with Gasteiger partial charge in [-0.25, -0.2) is 18.6 Å². The van der Waals surface area contributed by atoms with E-state index in [1.807, 2.05) is 31.2 Å². The summed E-state index contributed by atoms with van der Waals surface area (Å²) in [6.07, 6.45) is 1.85. The fraction of sp³-hybridized carbons (Fsp3) is 0.231. The number of furan rings is 1. The molecular formula is C26H22F2N4O4. The molecule has 0 radical (unpaired) electrons. The third-order valence-electron chi connectivity index (χ3n) is 6.46. The molecule has 0 saturated carbocycles. The Morgan fingerprint density at radius 3 is 2.61 bits per heavy atom. The average Bonchev–Trinajstić information content (AvgIpc) is 3.57. The van der Waals surface area contributed by atoms with Gasteiger partial charge in [0.15, 0.2) is 0 Å². The molecule has 1 N–H and O–H groups in total. The van der Waals surface area contributed by atoms with E-state index >= 15 is 0 Å².